The van der Waals surface area contributed by atoms with Gasteiger partial charge >= 0.3 is 6.09 Å². The number of piperazine rings is 1. The van der Waals surface area contributed by atoms with Gasteiger partial charge in [0.1, 0.15) is 6.04 Å². The molecule has 1 N–H and O–H groups in total. The van der Waals surface area contributed by atoms with Crippen molar-refractivity contribution in [1.29, 1.82) is 0 Å². The zero-order chi connectivity index (χ0) is 39.8. The van der Waals surface area contributed by atoms with Gasteiger partial charge in [0, 0.05) is 48.9 Å². The molecule has 11 heteroatoms. The molecule has 0 unspecified atom stereocenters. The number of amides is 2. The summed E-state index contributed by atoms with van der Waals surface area (Å²) in [6.45, 7) is 4.84. The summed E-state index contributed by atoms with van der Waals surface area (Å²) in [5.74, 6) is 0.206. The van der Waals surface area contributed by atoms with E-state index in [4.69, 9.17) is 16.3 Å². The van der Waals surface area contributed by atoms with Crippen LogP contribution >= 0.6 is 22.9 Å². The molecule has 1 aromatic heterocycles. The first-order valence-corrected chi connectivity index (χ1v) is 22.1. The van der Waals surface area contributed by atoms with Crippen molar-refractivity contribution in [1.82, 2.24) is 24.9 Å². The van der Waals surface area contributed by atoms with Crippen LogP contribution in [-0.4, -0.2) is 109 Å². The van der Waals surface area contributed by atoms with Crippen LogP contribution in [0.2, 0.25) is 5.02 Å². The molecule has 2 saturated heterocycles. The SMILES string of the molecule is CN(C)CCCC[C@@H](NC1CCC2(CC1)CCN(Cc1ccccc1)C2)C(=O)N1CCN(C(=O)Oc2ccc3ccccc3c2Cl)C[C@H]1C(=O)CCc1cccs1. The predicted molar refractivity (Wildman–Crippen MR) is 230 cm³/mol. The third-order valence-electron chi connectivity index (χ3n) is 12.4. The number of likely N-dealkylation sites (tertiary alicyclic amines) is 1. The quantitative estimate of drug-likeness (QED) is 0.121. The van der Waals surface area contributed by atoms with Gasteiger partial charge in [0.2, 0.25) is 5.91 Å². The van der Waals surface area contributed by atoms with Crippen molar-refractivity contribution in [2.24, 2.45) is 5.41 Å². The van der Waals surface area contributed by atoms with E-state index in [1.807, 2.05) is 47.8 Å². The van der Waals surface area contributed by atoms with Gasteiger partial charge in [-0.15, -0.1) is 11.3 Å². The second-order valence-corrected chi connectivity index (χ2v) is 18.2. The van der Waals surface area contributed by atoms with E-state index in [-0.39, 0.29) is 43.1 Å². The van der Waals surface area contributed by atoms with E-state index in [1.165, 1.54) is 12.0 Å². The van der Waals surface area contributed by atoms with Crippen LogP contribution < -0.4 is 10.1 Å². The highest BCUT2D eigenvalue weighted by atomic mass is 35.5. The summed E-state index contributed by atoms with van der Waals surface area (Å²) < 4.78 is 5.87. The lowest BCUT2D eigenvalue weighted by Crippen LogP contribution is -2.63. The molecular formula is C46H58ClN5O4S. The largest absolute Gasteiger partial charge is 0.415 e. The minimum Gasteiger partial charge on any atom is -0.409 e. The van der Waals surface area contributed by atoms with Gasteiger partial charge in [-0.05, 0) is 112 Å². The number of rotatable bonds is 15. The number of thiophene rings is 1. The molecule has 0 radical (unpaired) electrons. The molecule has 3 fully saturated rings. The van der Waals surface area contributed by atoms with E-state index in [2.05, 4.69) is 59.5 Å². The molecule has 1 aliphatic carbocycles. The number of Topliss-reactive ketones (excluding diaryl/α,β-unsaturated/α-hetero) is 1. The first-order chi connectivity index (χ1) is 27.7. The standard InChI is InChI=1S/C46H58ClN5O4S/c1-49(2)26-9-8-16-39(48-36-21-23-46(24-22-36)25-27-50(33-46)31-34-11-4-3-5-12-34)44(54)52-29-28-51(32-40(52)41(53)19-18-37-14-10-30-57-37)45(55)56-42-20-17-35-13-6-7-15-38(35)43(42)47/h3-7,10-15,17,20,30,36,39-40,48H,8-9,16,18-19,21-29,31-33H2,1-2H3/t36?,39-,40+,46?/m1/s1. The van der Waals surface area contributed by atoms with Crippen LogP contribution in [0, 0.1) is 5.41 Å². The topological polar surface area (TPSA) is 85.4 Å². The number of ketones is 1. The fourth-order valence-corrected chi connectivity index (χ4v) is 10.1. The fourth-order valence-electron chi connectivity index (χ4n) is 9.16. The smallest absolute Gasteiger partial charge is 0.409 e. The summed E-state index contributed by atoms with van der Waals surface area (Å²) in [7, 11) is 4.15. The van der Waals surface area contributed by atoms with E-state index < -0.39 is 18.2 Å². The van der Waals surface area contributed by atoms with Gasteiger partial charge in [-0.1, -0.05) is 84.8 Å². The number of ether oxygens (including phenoxy) is 1. The molecule has 2 atom stereocenters. The second-order valence-electron chi connectivity index (χ2n) is 16.7. The number of carbonyl (C=O) groups excluding carboxylic acids is 3. The Morgan fingerprint density at radius 3 is 2.49 bits per heavy atom. The highest BCUT2D eigenvalue weighted by molar-refractivity contribution is 7.09. The predicted octanol–water partition coefficient (Wildman–Crippen LogP) is 8.29. The van der Waals surface area contributed by atoms with Gasteiger partial charge in [-0.25, -0.2) is 4.79 Å². The number of nitrogens with one attached hydrogen (secondary N) is 1. The average molecular weight is 813 g/mol. The number of hydrogen-bond donors (Lipinski definition) is 1. The third kappa shape index (κ3) is 10.6. The Balaban J connectivity index is 1.03. The number of hydrogen-bond acceptors (Lipinski definition) is 8. The molecule has 7 rings (SSSR count). The molecule has 0 bridgehead atoms. The van der Waals surface area contributed by atoms with Crippen LogP contribution in [-0.2, 0) is 22.6 Å². The molecule has 3 aliphatic rings. The van der Waals surface area contributed by atoms with E-state index in [1.54, 1.807) is 27.2 Å². The first kappa shape index (κ1) is 41.4. The molecule has 9 nitrogen and oxygen atoms in total. The van der Waals surface area contributed by atoms with Gasteiger partial charge in [-0.2, -0.15) is 0 Å². The maximum atomic E-state index is 14.8. The van der Waals surface area contributed by atoms with Crippen LogP contribution in [0.5, 0.6) is 5.75 Å². The average Bonchev–Trinajstić information content (AvgIpc) is 3.90. The Bertz CT molecular complexity index is 1950. The van der Waals surface area contributed by atoms with Gasteiger partial charge in [0.15, 0.2) is 11.5 Å². The molecular weight excluding hydrogens is 754 g/mol. The molecule has 57 heavy (non-hydrogen) atoms. The maximum Gasteiger partial charge on any atom is 0.415 e. The Labute approximate surface area is 347 Å². The summed E-state index contributed by atoms with van der Waals surface area (Å²) >= 11 is 8.33. The molecule has 2 amide bonds. The molecule has 1 spiro atoms. The van der Waals surface area contributed by atoms with Gasteiger partial charge in [-0.3, -0.25) is 14.5 Å². The van der Waals surface area contributed by atoms with Crippen LogP contribution in [0.4, 0.5) is 4.79 Å². The minimum atomic E-state index is -0.763. The lowest BCUT2D eigenvalue weighted by molar-refractivity contribution is -0.144. The third-order valence-corrected chi connectivity index (χ3v) is 13.7. The number of halogens is 1. The Hall–Kier alpha value is -3.80. The van der Waals surface area contributed by atoms with Crippen molar-refractivity contribution >= 4 is 51.5 Å². The molecule has 304 valence electrons. The van der Waals surface area contributed by atoms with Crippen molar-refractivity contribution in [2.75, 3.05) is 53.4 Å². The van der Waals surface area contributed by atoms with Crippen molar-refractivity contribution in [3.05, 3.63) is 99.7 Å². The van der Waals surface area contributed by atoms with Crippen LogP contribution in [0.25, 0.3) is 10.8 Å². The monoisotopic (exact) mass is 811 g/mol. The van der Waals surface area contributed by atoms with Crippen molar-refractivity contribution < 1.29 is 19.1 Å². The Morgan fingerprint density at radius 1 is 0.930 bits per heavy atom. The summed E-state index contributed by atoms with van der Waals surface area (Å²) in [6, 6.07) is 25.1. The van der Waals surface area contributed by atoms with E-state index in [0.717, 1.165) is 80.4 Å². The first-order valence-electron chi connectivity index (χ1n) is 20.8. The number of unbranched alkanes of at least 4 members (excludes halogenated alkanes) is 1. The molecule has 1 saturated carbocycles. The maximum absolute atomic E-state index is 14.8. The summed E-state index contributed by atoms with van der Waals surface area (Å²) in [5.41, 5.74) is 1.72. The fraction of sp³-hybridized carbons (Fsp3) is 0.500. The van der Waals surface area contributed by atoms with E-state index in [0.29, 0.717) is 29.7 Å². The Kier molecular flexibility index (Phi) is 14.0. The number of carbonyl (C=O) groups is 3. The van der Waals surface area contributed by atoms with Crippen LogP contribution in [0.3, 0.4) is 0 Å². The summed E-state index contributed by atoms with van der Waals surface area (Å²) in [6.07, 6.45) is 8.55. The molecule has 3 aromatic carbocycles. The molecule has 2 aliphatic heterocycles. The van der Waals surface area contributed by atoms with Crippen molar-refractivity contribution in [3.8, 4) is 5.75 Å². The summed E-state index contributed by atoms with van der Waals surface area (Å²) in [5, 5.41) is 7.98. The van der Waals surface area contributed by atoms with Crippen LogP contribution in [0.1, 0.15) is 68.2 Å². The van der Waals surface area contributed by atoms with Crippen LogP contribution in [0.15, 0.2) is 84.2 Å². The lowest BCUT2D eigenvalue weighted by atomic mass is 9.72. The van der Waals surface area contributed by atoms with Gasteiger partial charge < -0.3 is 24.8 Å². The van der Waals surface area contributed by atoms with Crippen molar-refractivity contribution in [3.63, 3.8) is 0 Å². The van der Waals surface area contributed by atoms with E-state index >= 15 is 0 Å². The number of benzene rings is 3. The number of fused-ring (bicyclic) bond motifs is 1. The van der Waals surface area contributed by atoms with Crippen molar-refractivity contribution in [2.45, 2.75) is 88.9 Å². The number of nitrogens with zero attached hydrogens (tertiary/aromatic N) is 4. The minimum absolute atomic E-state index is 0.0323. The molecule has 3 heterocycles. The van der Waals surface area contributed by atoms with E-state index in [9.17, 15) is 14.4 Å². The Morgan fingerprint density at radius 2 is 1.72 bits per heavy atom. The molecule has 4 aromatic rings. The lowest BCUT2D eigenvalue weighted by Gasteiger charge is -2.43. The van der Waals surface area contributed by atoms with Gasteiger partial charge in [0.05, 0.1) is 17.6 Å². The highest BCUT2D eigenvalue weighted by Gasteiger charge is 2.43. The summed E-state index contributed by atoms with van der Waals surface area (Å²) in [4.78, 5) is 51.9. The van der Waals surface area contributed by atoms with Gasteiger partial charge in [0.25, 0.3) is 0 Å². The zero-order valence-corrected chi connectivity index (χ0v) is 35.1. The zero-order valence-electron chi connectivity index (χ0n) is 33.5. The normalized spacial score (nSPS) is 22.0. The number of aryl methyl sites for hydroxylation is 1. The highest BCUT2D eigenvalue weighted by Crippen LogP contribution is 2.44. The second kappa shape index (κ2) is 19.3.